The van der Waals surface area contributed by atoms with E-state index >= 15 is 0 Å². The number of hydrogen-bond acceptors (Lipinski definition) is 4. The second kappa shape index (κ2) is 5.75. The number of carboxylic acids is 1. The minimum atomic E-state index is -1.06. The third-order valence-electron chi connectivity index (χ3n) is 3.45. The van der Waals surface area contributed by atoms with Crippen LogP contribution in [0.3, 0.4) is 0 Å². The molecule has 1 fully saturated rings. The van der Waals surface area contributed by atoms with Crippen LogP contribution in [-0.2, 0) is 6.54 Å². The molecule has 3 rings (SSSR count). The highest BCUT2D eigenvalue weighted by molar-refractivity contribution is 9.10. The third-order valence-corrected chi connectivity index (χ3v) is 4.30. The molecule has 6 nitrogen and oxygen atoms in total. The number of aromatic nitrogens is 3. The summed E-state index contributed by atoms with van der Waals surface area (Å²) in [5, 5.41) is 17.0. The van der Waals surface area contributed by atoms with Crippen molar-refractivity contribution in [3.63, 3.8) is 0 Å². The van der Waals surface area contributed by atoms with Gasteiger partial charge in [0.05, 0.1) is 12.2 Å². The van der Waals surface area contributed by atoms with Crippen LogP contribution < -0.4 is 0 Å². The van der Waals surface area contributed by atoms with Crippen molar-refractivity contribution >= 4 is 33.5 Å². The lowest BCUT2D eigenvalue weighted by molar-refractivity contribution is 0.0690. The lowest BCUT2D eigenvalue weighted by Crippen LogP contribution is -2.47. The fraction of sp³-hybridized carbons (Fsp3) is 0.308. The van der Waals surface area contributed by atoms with Crippen molar-refractivity contribution in [1.82, 2.24) is 19.9 Å². The van der Waals surface area contributed by atoms with Gasteiger partial charge in [-0.3, -0.25) is 4.90 Å². The zero-order valence-corrected chi connectivity index (χ0v) is 13.3. The molecule has 0 bridgehead atoms. The quantitative estimate of drug-likeness (QED) is 0.894. The van der Waals surface area contributed by atoms with Gasteiger partial charge in [0.2, 0.25) is 0 Å². The number of carboxylic acid groups (broad SMARTS) is 1. The van der Waals surface area contributed by atoms with E-state index in [1.165, 1.54) is 6.20 Å². The van der Waals surface area contributed by atoms with Crippen LogP contribution in [0, 0.1) is 0 Å². The molecule has 0 unspecified atom stereocenters. The number of benzene rings is 1. The third kappa shape index (κ3) is 3.09. The molecule has 1 aliphatic heterocycles. The van der Waals surface area contributed by atoms with Crippen molar-refractivity contribution < 1.29 is 9.90 Å². The highest BCUT2D eigenvalue weighted by Gasteiger charge is 2.30. The normalized spacial score (nSPS) is 15.9. The molecule has 21 heavy (non-hydrogen) atoms. The van der Waals surface area contributed by atoms with Gasteiger partial charge in [-0.2, -0.15) is 0 Å². The van der Waals surface area contributed by atoms with Crippen LogP contribution in [0.15, 0.2) is 28.9 Å². The van der Waals surface area contributed by atoms with E-state index in [-0.39, 0.29) is 11.7 Å². The number of hydrogen-bond donors (Lipinski definition) is 1. The Labute approximate surface area is 134 Å². The van der Waals surface area contributed by atoms with Gasteiger partial charge in [-0.25, -0.2) is 9.48 Å². The minimum Gasteiger partial charge on any atom is -0.476 e. The zero-order valence-electron chi connectivity index (χ0n) is 10.9. The number of carbonyl (C=O) groups is 1. The van der Waals surface area contributed by atoms with Gasteiger partial charge in [0.1, 0.15) is 0 Å². The largest absolute Gasteiger partial charge is 0.476 e. The summed E-state index contributed by atoms with van der Waals surface area (Å²) in [5.41, 5.74) is 1.05. The first-order valence-corrected chi connectivity index (χ1v) is 7.51. The minimum absolute atomic E-state index is 0.0237. The second-order valence-corrected chi connectivity index (χ2v) is 6.30. The first-order valence-electron chi connectivity index (χ1n) is 6.34. The summed E-state index contributed by atoms with van der Waals surface area (Å²) in [6.45, 7) is 2.37. The smallest absolute Gasteiger partial charge is 0.358 e. The van der Waals surface area contributed by atoms with Crippen LogP contribution in [0.5, 0.6) is 0 Å². The van der Waals surface area contributed by atoms with E-state index in [1.807, 2.05) is 18.2 Å². The molecule has 2 heterocycles. The summed E-state index contributed by atoms with van der Waals surface area (Å²) in [6.07, 6.45) is 1.47. The van der Waals surface area contributed by atoms with Gasteiger partial charge >= 0.3 is 5.97 Å². The first-order chi connectivity index (χ1) is 10.0. The molecule has 0 saturated carbocycles. The van der Waals surface area contributed by atoms with Crippen LogP contribution >= 0.6 is 27.5 Å². The van der Waals surface area contributed by atoms with E-state index in [0.29, 0.717) is 0 Å². The van der Waals surface area contributed by atoms with E-state index in [2.05, 4.69) is 31.1 Å². The van der Waals surface area contributed by atoms with Gasteiger partial charge < -0.3 is 5.11 Å². The molecule has 0 aliphatic carbocycles. The Hall–Kier alpha value is -1.44. The molecule has 1 N–H and O–H groups in total. The van der Waals surface area contributed by atoms with Gasteiger partial charge in [-0.15, -0.1) is 5.10 Å². The predicted octanol–water partition coefficient (Wildman–Crippen LogP) is 2.45. The van der Waals surface area contributed by atoms with Gasteiger partial charge in [-0.05, 0) is 17.7 Å². The number of halogens is 2. The summed E-state index contributed by atoms with van der Waals surface area (Å²) in [7, 11) is 0. The van der Waals surface area contributed by atoms with E-state index in [0.717, 1.165) is 34.7 Å². The van der Waals surface area contributed by atoms with E-state index < -0.39 is 5.97 Å². The SMILES string of the molecule is O=C(O)c1cn(C2CN(Cc3ccc(Br)cc3Cl)C2)nn1. The Bertz CT molecular complexity index is 685. The molecule has 110 valence electrons. The lowest BCUT2D eigenvalue weighted by atomic mass is 10.1. The van der Waals surface area contributed by atoms with Gasteiger partial charge in [0.25, 0.3) is 0 Å². The number of aromatic carboxylic acids is 1. The van der Waals surface area contributed by atoms with Crippen LogP contribution in [0.4, 0.5) is 0 Å². The fourth-order valence-electron chi connectivity index (χ4n) is 2.28. The van der Waals surface area contributed by atoms with Crippen LogP contribution in [0.1, 0.15) is 22.1 Å². The number of rotatable bonds is 4. The number of likely N-dealkylation sites (tertiary alicyclic amines) is 1. The summed E-state index contributed by atoms with van der Waals surface area (Å²) >= 11 is 9.58. The Kier molecular flexibility index (Phi) is 3.97. The maximum absolute atomic E-state index is 10.8. The highest BCUT2D eigenvalue weighted by Crippen LogP contribution is 2.27. The maximum atomic E-state index is 10.8. The molecular weight excluding hydrogens is 360 g/mol. The topological polar surface area (TPSA) is 71.2 Å². The first kappa shape index (κ1) is 14.5. The van der Waals surface area contributed by atoms with Gasteiger partial charge in [0.15, 0.2) is 5.69 Å². The zero-order chi connectivity index (χ0) is 15.0. The van der Waals surface area contributed by atoms with Gasteiger partial charge in [-0.1, -0.05) is 38.8 Å². The molecule has 2 aromatic rings. The lowest BCUT2D eigenvalue weighted by Gasteiger charge is -2.39. The van der Waals surface area contributed by atoms with Crippen molar-refractivity contribution in [3.8, 4) is 0 Å². The van der Waals surface area contributed by atoms with E-state index in [1.54, 1.807) is 4.68 Å². The molecular formula is C13H12BrClN4O2. The van der Waals surface area contributed by atoms with E-state index in [9.17, 15) is 4.79 Å². The molecule has 1 aromatic carbocycles. The monoisotopic (exact) mass is 370 g/mol. The molecule has 8 heteroatoms. The molecule has 1 aliphatic rings. The maximum Gasteiger partial charge on any atom is 0.358 e. The summed E-state index contributed by atoms with van der Waals surface area (Å²) in [5.74, 6) is -1.06. The van der Waals surface area contributed by atoms with Crippen molar-refractivity contribution in [2.24, 2.45) is 0 Å². The Morgan fingerprint density at radius 1 is 1.48 bits per heavy atom. The highest BCUT2D eigenvalue weighted by atomic mass is 79.9. The molecule has 1 saturated heterocycles. The van der Waals surface area contributed by atoms with Crippen molar-refractivity contribution in [2.45, 2.75) is 12.6 Å². The molecule has 0 amide bonds. The molecule has 0 spiro atoms. The van der Waals surface area contributed by atoms with Crippen molar-refractivity contribution in [1.29, 1.82) is 0 Å². The van der Waals surface area contributed by atoms with Crippen molar-refractivity contribution in [2.75, 3.05) is 13.1 Å². The molecule has 0 radical (unpaired) electrons. The Balaban J connectivity index is 1.59. The van der Waals surface area contributed by atoms with Crippen LogP contribution in [-0.4, -0.2) is 44.1 Å². The second-order valence-electron chi connectivity index (χ2n) is 4.97. The van der Waals surface area contributed by atoms with Crippen LogP contribution in [0.2, 0.25) is 5.02 Å². The average Bonchev–Trinajstić information content (AvgIpc) is 2.84. The predicted molar refractivity (Wildman–Crippen MR) is 80.4 cm³/mol. The summed E-state index contributed by atoms with van der Waals surface area (Å²) < 4.78 is 2.57. The number of nitrogens with zero attached hydrogens (tertiary/aromatic N) is 4. The van der Waals surface area contributed by atoms with Gasteiger partial charge in [0, 0.05) is 29.1 Å². The Morgan fingerprint density at radius 3 is 2.86 bits per heavy atom. The fourth-order valence-corrected chi connectivity index (χ4v) is 3.02. The van der Waals surface area contributed by atoms with E-state index in [4.69, 9.17) is 16.7 Å². The summed E-state index contributed by atoms with van der Waals surface area (Å²) in [6, 6.07) is 6.01. The summed E-state index contributed by atoms with van der Waals surface area (Å²) in [4.78, 5) is 13.0. The van der Waals surface area contributed by atoms with Crippen molar-refractivity contribution in [3.05, 3.63) is 45.1 Å². The Morgan fingerprint density at radius 2 is 2.24 bits per heavy atom. The molecule has 1 aromatic heterocycles. The molecule has 0 atom stereocenters. The van der Waals surface area contributed by atoms with Crippen LogP contribution in [0.25, 0.3) is 0 Å². The standard InChI is InChI=1S/C13H12BrClN4O2/c14-9-2-1-8(11(15)3-9)4-18-5-10(6-18)19-7-12(13(20)21)16-17-19/h1-3,7,10H,4-6H2,(H,20,21). The average molecular weight is 372 g/mol.